The van der Waals surface area contributed by atoms with Crippen molar-refractivity contribution in [1.29, 1.82) is 0 Å². The monoisotopic (exact) mass is 309 g/mol. The lowest BCUT2D eigenvalue weighted by molar-refractivity contribution is 0.500. The topological polar surface area (TPSA) is 30.7 Å². The summed E-state index contributed by atoms with van der Waals surface area (Å²) in [6.45, 7) is 1.01. The smallest absolute Gasteiger partial charge is 0.160 e. The molecule has 2 aromatic heterocycles. The molecular formula is C15H20ClN3S. The van der Waals surface area contributed by atoms with Gasteiger partial charge in [0.2, 0.25) is 0 Å². The molecule has 2 heterocycles. The lowest BCUT2D eigenvalue weighted by Gasteiger charge is -2.28. The first-order chi connectivity index (χ1) is 9.78. The Labute approximate surface area is 129 Å². The number of rotatable bonds is 5. The molecule has 3 nitrogen and oxygen atoms in total. The number of halogens is 1. The maximum atomic E-state index is 5.94. The number of hydrogen-bond acceptors (Lipinski definition) is 3. The molecule has 0 unspecified atom stereocenters. The van der Waals surface area contributed by atoms with Gasteiger partial charge in [0.15, 0.2) is 5.65 Å². The van der Waals surface area contributed by atoms with E-state index in [9.17, 15) is 0 Å². The Kier molecular flexibility index (Phi) is 4.22. The minimum Gasteiger partial charge on any atom is -0.311 e. The van der Waals surface area contributed by atoms with Gasteiger partial charge in [0.1, 0.15) is 11.3 Å². The molecule has 0 radical (unpaired) electrons. The molecule has 0 spiro atoms. The van der Waals surface area contributed by atoms with Crippen molar-refractivity contribution in [2.45, 2.75) is 43.4 Å². The molecule has 5 heteroatoms. The number of aromatic nitrogens is 3. The molecular weight excluding hydrogens is 290 g/mol. The summed E-state index contributed by atoms with van der Waals surface area (Å²) in [6.07, 6.45) is 10.2. The third-order valence-corrected chi connectivity index (χ3v) is 5.89. The normalized spacial score (nSPS) is 17.9. The lowest BCUT2D eigenvalue weighted by Crippen LogP contribution is -2.28. The summed E-state index contributed by atoms with van der Waals surface area (Å²) in [7, 11) is 0. The van der Waals surface area contributed by atoms with Crippen LogP contribution in [0.3, 0.4) is 0 Å². The second kappa shape index (κ2) is 5.94. The van der Waals surface area contributed by atoms with E-state index in [0.29, 0.717) is 10.6 Å². The Balaban J connectivity index is 2.02. The summed E-state index contributed by atoms with van der Waals surface area (Å²) in [4.78, 5) is 9.26. The molecule has 0 aliphatic heterocycles. The SMILES string of the molecule is CSC1(Cn2c(CCCl)nc3cccnc32)CCCC1. The molecule has 0 aromatic carbocycles. The van der Waals surface area contributed by atoms with Gasteiger partial charge in [-0.3, -0.25) is 0 Å². The van der Waals surface area contributed by atoms with Crippen LogP contribution in [0.1, 0.15) is 31.5 Å². The second-order valence-electron chi connectivity index (χ2n) is 5.49. The molecule has 1 fully saturated rings. The van der Waals surface area contributed by atoms with Gasteiger partial charge in [-0.25, -0.2) is 9.97 Å². The average molecular weight is 310 g/mol. The van der Waals surface area contributed by atoms with E-state index in [0.717, 1.165) is 30.0 Å². The van der Waals surface area contributed by atoms with Crippen LogP contribution in [-0.4, -0.2) is 31.4 Å². The Morgan fingerprint density at radius 1 is 1.40 bits per heavy atom. The van der Waals surface area contributed by atoms with Gasteiger partial charge in [0.25, 0.3) is 0 Å². The highest BCUT2D eigenvalue weighted by atomic mass is 35.5. The highest BCUT2D eigenvalue weighted by Crippen LogP contribution is 2.42. The van der Waals surface area contributed by atoms with Crippen molar-refractivity contribution >= 4 is 34.5 Å². The molecule has 0 atom stereocenters. The van der Waals surface area contributed by atoms with Crippen LogP contribution < -0.4 is 0 Å². The van der Waals surface area contributed by atoms with Crippen LogP contribution in [-0.2, 0) is 13.0 Å². The fourth-order valence-electron chi connectivity index (χ4n) is 3.18. The van der Waals surface area contributed by atoms with Crippen molar-refractivity contribution in [3.63, 3.8) is 0 Å². The summed E-state index contributed by atoms with van der Waals surface area (Å²) < 4.78 is 2.66. The van der Waals surface area contributed by atoms with E-state index in [4.69, 9.17) is 16.6 Å². The molecule has 0 N–H and O–H groups in total. The summed E-state index contributed by atoms with van der Waals surface area (Å²) in [5, 5.41) is 0. The maximum Gasteiger partial charge on any atom is 0.160 e. The molecule has 1 aliphatic carbocycles. The van der Waals surface area contributed by atoms with Crippen LogP contribution in [0.2, 0.25) is 0 Å². The van der Waals surface area contributed by atoms with Crippen LogP contribution in [0.5, 0.6) is 0 Å². The van der Waals surface area contributed by atoms with Crippen LogP contribution in [0, 0.1) is 0 Å². The Morgan fingerprint density at radius 2 is 2.20 bits per heavy atom. The van der Waals surface area contributed by atoms with Crippen molar-refractivity contribution in [1.82, 2.24) is 14.5 Å². The van der Waals surface area contributed by atoms with E-state index in [1.807, 2.05) is 30.1 Å². The molecule has 0 bridgehead atoms. The molecule has 20 heavy (non-hydrogen) atoms. The number of nitrogens with zero attached hydrogens (tertiary/aromatic N) is 3. The number of aryl methyl sites for hydroxylation is 1. The number of hydrogen-bond donors (Lipinski definition) is 0. The zero-order chi connectivity index (χ0) is 14.0. The lowest BCUT2D eigenvalue weighted by atomic mass is 10.1. The van der Waals surface area contributed by atoms with Gasteiger partial charge in [-0.1, -0.05) is 12.8 Å². The molecule has 0 saturated heterocycles. The predicted molar refractivity (Wildman–Crippen MR) is 86.7 cm³/mol. The first-order valence-electron chi connectivity index (χ1n) is 7.19. The van der Waals surface area contributed by atoms with E-state index in [2.05, 4.69) is 15.8 Å². The number of alkyl halides is 1. The van der Waals surface area contributed by atoms with Gasteiger partial charge in [0, 0.05) is 29.8 Å². The number of pyridine rings is 1. The zero-order valence-corrected chi connectivity index (χ0v) is 13.4. The molecule has 2 aromatic rings. The average Bonchev–Trinajstić information content (AvgIpc) is 3.07. The van der Waals surface area contributed by atoms with Gasteiger partial charge in [-0.15, -0.1) is 11.6 Å². The Morgan fingerprint density at radius 3 is 2.90 bits per heavy atom. The minimum atomic E-state index is 0.353. The maximum absolute atomic E-state index is 5.94. The molecule has 0 amide bonds. The van der Waals surface area contributed by atoms with Crippen molar-refractivity contribution in [3.05, 3.63) is 24.2 Å². The number of fused-ring (bicyclic) bond motifs is 1. The quantitative estimate of drug-likeness (QED) is 0.785. The summed E-state index contributed by atoms with van der Waals surface area (Å²) >= 11 is 7.95. The highest BCUT2D eigenvalue weighted by molar-refractivity contribution is 8.00. The van der Waals surface area contributed by atoms with Crippen molar-refractivity contribution in [2.75, 3.05) is 12.1 Å². The molecule has 3 rings (SSSR count). The molecule has 1 saturated carbocycles. The molecule has 108 valence electrons. The van der Waals surface area contributed by atoms with Crippen LogP contribution in [0.15, 0.2) is 18.3 Å². The largest absolute Gasteiger partial charge is 0.311 e. The fraction of sp³-hybridized carbons (Fsp3) is 0.600. The van der Waals surface area contributed by atoms with Crippen LogP contribution in [0.4, 0.5) is 0 Å². The van der Waals surface area contributed by atoms with E-state index in [1.54, 1.807) is 0 Å². The third-order valence-electron chi connectivity index (χ3n) is 4.29. The first-order valence-corrected chi connectivity index (χ1v) is 8.95. The number of thioether (sulfide) groups is 1. The number of imidazole rings is 1. The summed E-state index contributed by atoms with van der Waals surface area (Å²) in [5.41, 5.74) is 2.00. The first kappa shape index (κ1) is 14.2. The van der Waals surface area contributed by atoms with E-state index in [1.165, 1.54) is 25.7 Å². The van der Waals surface area contributed by atoms with Gasteiger partial charge in [-0.2, -0.15) is 11.8 Å². The predicted octanol–water partition coefficient (Wildman–Crippen LogP) is 3.89. The standard InChI is InChI=1S/C15H20ClN3S/c1-20-15(7-2-3-8-15)11-19-13(6-9-16)18-12-5-4-10-17-14(12)19/h4-5,10H,2-3,6-9,11H2,1H3. The van der Waals surface area contributed by atoms with Crippen LogP contribution in [0.25, 0.3) is 11.2 Å². The van der Waals surface area contributed by atoms with Gasteiger partial charge >= 0.3 is 0 Å². The minimum absolute atomic E-state index is 0.353. The summed E-state index contributed by atoms with van der Waals surface area (Å²) in [6, 6.07) is 3.99. The summed E-state index contributed by atoms with van der Waals surface area (Å²) in [5.74, 6) is 1.68. The zero-order valence-electron chi connectivity index (χ0n) is 11.8. The van der Waals surface area contributed by atoms with Gasteiger partial charge in [0.05, 0.1) is 0 Å². The van der Waals surface area contributed by atoms with Crippen LogP contribution >= 0.6 is 23.4 Å². The van der Waals surface area contributed by atoms with Crippen molar-refractivity contribution < 1.29 is 0 Å². The van der Waals surface area contributed by atoms with E-state index in [-0.39, 0.29) is 0 Å². The molecule has 1 aliphatic rings. The Hall–Kier alpha value is -0.740. The third kappa shape index (κ3) is 2.56. The fourth-order valence-corrected chi connectivity index (χ4v) is 4.31. The highest BCUT2D eigenvalue weighted by Gasteiger charge is 2.34. The van der Waals surface area contributed by atoms with Crippen molar-refractivity contribution in [3.8, 4) is 0 Å². The van der Waals surface area contributed by atoms with E-state index >= 15 is 0 Å². The van der Waals surface area contributed by atoms with E-state index < -0.39 is 0 Å². The Bertz CT molecular complexity index is 590. The van der Waals surface area contributed by atoms with Crippen molar-refractivity contribution in [2.24, 2.45) is 0 Å². The van der Waals surface area contributed by atoms with Gasteiger partial charge in [-0.05, 0) is 31.2 Å². The second-order valence-corrected chi connectivity index (χ2v) is 7.15. The van der Waals surface area contributed by atoms with Gasteiger partial charge < -0.3 is 4.57 Å².